The Balaban J connectivity index is 0.000000172. The van der Waals surface area contributed by atoms with Crippen molar-refractivity contribution < 1.29 is 14.6 Å². The van der Waals surface area contributed by atoms with Gasteiger partial charge in [0.2, 0.25) is 0 Å². The summed E-state index contributed by atoms with van der Waals surface area (Å²) in [5.41, 5.74) is 3.53. The van der Waals surface area contributed by atoms with Crippen LogP contribution in [-0.2, 0) is 6.61 Å². The summed E-state index contributed by atoms with van der Waals surface area (Å²) in [6, 6.07) is 14.4. The van der Waals surface area contributed by atoms with Gasteiger partial charge in [-0.25, -0.2) is 0 Å². The van der Waals surface area contributed by atoms with E-state index in [4.69, 9.17) is 14.6 Å². The Labute approximate surface area is 181 Å². The van der Waals surface area contributed by atoms with Crippen LogP contribution in [0.1, 0.15) is 49.7 Å². The van der Waals surface area contributed by atoms with Crippen LogP contribution in [-0.4, -0.2) is 45.0 Å². The zero-order chi connectivity index (χ0) is 21.2. The molecule has 2 heterocycles. The number of methoxy groups -OCH3 is 1. The Bertz CT molecular complexity index is 757. The molecule has 5 nitrogen and oxygen atoms in total. The molecule has 0 radical (unpaired) electrons. The predicted octanol–water partition coefficient (Wildman–Crippen LogP) is 4.34. The molecule has 2 aliphatic heterocycles. The number of nitrogens with zero attached hydrogens (tertiary/aromatic N) is 1. The number of unbranched alkanes of at least 4 members (excludes halogenated alkanes) is 1. The Morgan fingerprint density at radius 3 is 2.57 bits per heavy atom. The lowest BCUT2D eigenvalue weighted by Gasteiger charge is -2.31. The van der Waals surface area contributed by atoms with Crippen LogP contribution >= 0.6 is 0 Å². The maximum absolute atomic E-state index is 9.14. The summed E-state index contributed by atoms with van der Waals surface area (Å²) >= 11 is 0. The van der Waals surface area contributed by atoms with Crippen molar-refractivity contribution in [1.29, 1.82) is 0 Å². The van der Waals surface area contributed by atoms with Gasteiger partial charge in [0.05, 0.1) is 25.9 Å². The third kappa shape index (κ3) is 6.13. The van der Waals surface area contributed by atoms with E-state index in [1.807, 2.05) is 18.2 Å². The molecule has 164 valence electrons. The number of fused-ring (bicyclic) bond motifs is 1. The monoisotopic (exact) mass is 412 g/mol. The molecule has 0 aromatic heterocycles. The van der Waals surface area contributed by atoms with E-state index in [1.165, 1.54) is 31.2 Å². The molecular weight excluding hydrogens is 376 g/mol. The van der Waals surface area contributed by atoms with Crippen molar-refractivity contribution in [2.75, 3.05) is 44.8 Å². The third-order valence-electron chi connectivity index (χ3n) is 5.87. The average Bonchev–Trinajstić information content (AvgIpc) is 2.83. The molecule has 2 N–H and O–H groups in total. The molecule has 1 saturated heterocycles. The van der Waals surface area contributed by atoms with Gasteiger partial charge in [-0.3, -0.25) is 0 Å². The smallest absolute Gasteiger partial charge is 0.142 e. The fourth-order valence-corrected chi connectivity index (χ4v) is 4.03. The highest BCUT2D eigenvalue weighted by molar-refractivity contribution is 5.61. The minimum Gasteiger partial charge on any atom is -0.497 e. The Morgan fingerprint density at radius 2 is 1.90 bits per heavy atom. The van der Waals surface area contributed by atoms with E-state index in [1.54, 1.807) is 7.11 Å². The van der Waals surface area contributed by atoms with Crippen LogP contribution in [0.4, 0.5) is 5.69 Å². The van der Waals surface area contributed by atoms with Gasteiger partial charge in [-0.05, 0) is 73.7 Å². The van der Waals surface area contributed by atoms with Gasteiger partial charge in [0.25, 0.3) is 0 Å². The molecule has 30 heavy (non-hydrogen) atoms. The van der Waals surface area contributed by atoms with Crippen LogP contribution in [0.5, 0.6) is 11.5 Å². The van der Waals surface area contributed by atoms with Gasteiger partial charge in [0.15, 0.2) is 0 Å². The summed E-state index contributed by atoms with van der Waals surface area (Å²) in [5.74, 6) is 2.63. The third-order valence-corrected chi connectivity index (χ3v) is 5.87. The summed E-state index contributed by atoms with van der Waals surface area (Å²) in [4.78, 5) is 2.35. The highest BCUT2D eigenvalue weighted by atomic mass is 16.5. The number of aliphatic hydroxyl groups excluding tert-OH is 1. The molecule has 2 aromatic rings. The SMILES string of the molecule is CCCCN1CCOc2ccc(CO)cc21.COc1ccc(C2CCNCC2)cc1. The van der Waals surface area contributed by atoms with Crippen molar-refractivity contribution >= 4 is 5.69 Å². The lowest BCUT2D eigenvalue weighted by Crippen LogP contribution is -2.33. The van der Waals surface area contributed by atoms with E-state index < -0.39 is 0 Å². The first-order valence-electron chi connectivity index (χ1n) is 11.2. The average molecular weight is 413 g/mol. The number of hydrogen-bond acceptors (Lipinski definition) is 5. The van der Waals surface area contributed by atoms with Gasteiger partial charge in [-0.2, -0.15) is 0 Å². The molecule has 5 heteroatoms. The maximum Gasteiger partial charge on any atom is 0.142 e. The molecule has 1 fully saturated rings. The number of piperidine rings is 1. The number of nitrogens with one attached hydrogen (secondary N) is 1. The first-order valence-corrected chi connectivity index (χ1v) is 11.2. The van der Waals surface area contributed by atoms with E-state index >= 15 is 0 Å². The number of benzene rings is 2. The zero-order valence-electron chi connectivity index (χ0n) is 18.4. The largest absolute Gasteiger partial charge is 0.497 e. The molecule has 0 amide bonds. The fraction of sp³-hybridized carbons (Fsp3) is 0.520. The minimum atomic E-state index is 0.0922. The maximum atomic E-state index is 9.14. The zero-order valence-corrected chi connectivity index (χ0v) is 18.4. The van der Waals surface area contributed by atoms with Gasteiger partial charge in [-0.1, -0.05) is 31.5 Å². The second-order valence-electron chi connectivity index (χ2n) is 7.95. The summed E-state index contributed by atoms with van der Waals surface area (Å²) in [6.45, 7) is 7.37. The molecule has 0 unspecified atom stereocenters. The van der Waals surface area contributed by atoms with Crippen molar-refractivity contribution in [3.05, 3.63) is 53.6 Å². The molecule has 0 aliphatic carbocycles. The lowest BCUT2D eigenvalue weighted by molar-refractivity contribution is 0.280. The van der Waals surface area contributed by atoms with Crippen LogP contribution in [0, 0.1) is 0 Å². The van der Waals surface area contributed by atoms with Gasteiger partial charge in [-0.15, -0.1) is 0 Å². The first-order chi connectivity index (χ1) is 14.7. The van der Waals surface area contributed by atoms with Gasteiger partial charge in [0.1, 0.15) is 18.1 Å². The standard InChI is InChI=1S/C13H19NO2.C12H17NO/c1-2-3-6-14-7-8-16-13-5-4-11(10-15)9-12(13)14;1-14-12-4-2-10(3-5-12)11-6-8-13-9-7-11/h4-5,9,15H,2-3,6-8,10H2,1H3;2-5,11,13H,6-9H2,1H3. The van der Waals surface area contributed by atoms with E-state index in [9.17, 15) is 0 Å². The van der Waals surface area contributed by atoms with Gasteiger partial charge >= 0.3 is 0 Å². The van der Waals surface area contributed by atoms with Gasteiger partial charge in [0, 0.05) is 6.54 Å². The molecule has 2 aromatic carbocycles. The van der Waals surface area contributed by atoms with Crippen molar-refractivity contribution in [3.8, 4) is 11.5 Å². The van der Waals surface area contributed by atoms with Crippen molar-refractivity contribution in [1.82, 2.24) is 5.32 Å². The van der Waals surface area contributed by atoms with Crippen LogP contribution in [0.2, 0.25) is 0 Å². The Morgan fingerprint density at radius 1 is 1.13 bits per heavy atom. The topological polar surface area (TPSA) is 54.0 Å². The summed E-state index contributed by atoms with van der Waals surface area (Å²) in [6.07, 6.45) is 4.91. The van der Waals surface area contributed by atoms with E-state index in [-0.39, 0.29) is 6.61 Å². The van der Waals surface area contributed by atoms with E-state index in [0.717, 1.165) is 61.5 Å². The quantitative estimate of drug-likeness (QED) is 0.739. The number of hydrogen-bond donors (Lipinski definition) is 2. The molecule has 0 atom stereocenters. The van der Waals surface area contributed by atoms with Crippen LogP contribution in [0.25, 0.3) is 0 Å². The van der Waals surface area contributed by atoms with Crippen LogP contribution in [0.15, 0.2) is 42.5 Å². The summed E-state index contributed by atoms with van der Waals surface area (Å²) < 4.78 is 10.8. The second-order valence-corrected chi connectivity index (χ2v) is 7.95. The molecule has 0 saturated carbocycles. The Hall–Kier alpha value is -2.24. The lowest BCUT2D eigenvalue weighted by atomic mass is 9.90. The first kappa shape index (κ1) is 22.4. The van der Waals surface area contributed by atoms with E-state index in [2.05, 4.69) is 41.4 Å². The van der Waals surface area contributed by atoms with Crippen molar-refractivity contribution in [2.45, 2.75) is 45.1 Å². The minimum absolute atomic E-state index is 0.0922. The molecule has 4 rings (SSSR count). The van der Waals surface area contributed by atoms with Crippen molar-refractivity contribution in [2.24, 2.45) is 0 Å². The number of anilines is 1. The summed E-state index contributed by atoms with van der Waals surface area (Å²) in [5, 5.41) is 12.5. The summed E-state index contributed by atoms with van der Waals surface area (Å²) in [7, 11) is 1.71. The molecule has 0 spiro atoms. The van der Waals surface area contributed by atoms with Crippen molar-refractivity contribution in [3.63, 3.8) is 0 Å². The predicted molar refractivity (Wildman–Crippen MR) is 123 cm³/mol. The molecule has 0 bridgehead atoms. The number of rotatable bonds is 6. The normalized spacial score (nSPS) is 16.2. The van der Waals surface area contributed by atoms with Gasteiger partial charge < -0.3 is 24.8 Å². The molecular formula is C25H36N2O3. The van der Waals surface area contributed by atoms with E-state index in [0.29, 0.717) is 0 Å². The highest BCUT2D eigenvalue weighted by Gasteiger charge is 2.17. The Kier molecular flexibility index (Phi) is 8.84. The number of aliphatic hydroxyl groups is 1. The molecule has 2 aliphatic rings. The van der Waals surface area contributed by atoms with Crippen LogP contribution < -0.4 is 19.7 Å². The van der Waals surface area contributed by atoms with Crippen LogP contribution in [0.3, 0.4) is 0 Å². The fourth-order valence-electron chi connectivity index (χ4n) is 4.03. The highest BCUT2D eigenvalue weighted by Crippen LogP contribution is 2.32. The second kappa shape index (κ2) is 11.8. The number of ether oxygens (including phenoxy) is 2.